The molecule has 0 aliphatic carbocycles. The van der Waals surface area contributed by atoms with Crippen LogP contribution in [0.4, 0.5) is 0 Å². The van der Waals surface area contributed by atoms with Crippen molar-refractivity contribution in [2.24, 2.45) is 0 Å². The van der Waals surface area contributed by atoms with Crippen molar-refractivity contribution in [3.8, 4) is 11.5 Å². The molecule has 4 nitrogen and oxygen atoms in total. The van der Waals surface area contributed by atoms with Crippen LogP contribution in [0, 0.1) is 3.57 Å². The molecule has 76 valence electrons. The summed E-state index contributed by atoms with van der Waals surface area (Å²) in [5.41, 5.74) is 0.0573. The van der Waals surface area contributed by atoms with Gasteiger partial charge in [-0.3, -0.25) is 0 Å². The van der Waals surface area contributed by atoms with E-state index in [1.54, 1.807) is 12.1 Å². The summed E-state index contributed by atoms with van der Waals surface area (Å²) >= 11 is 2.01. The highest BCUT2D eigenvalue weighted by Crippen LogP contribution is 2.32. The van der Waals surface area contributed by atoms with Crippen LogP contribution in [0.2, 0.25) is 0 Å². The molecule has 0 aliphatic rings. The summed E-state index contributed by atoms with van der Waals surface area (Å²) in [5.74, 6) is -0.426. The lowest BCUT2D eigenvalue weighted by Crippen LogP contribution is -2.05. The molecular formula is C9H9IO4. The Kier molecular flexibility index (Phi) is 3.56. The van der Waals surface area contributed by atoms with Crippen molar-refractivity contribution in [1.82, 2.24) is 0 Å². The highest BCUT2D eigenvalue weighted by atomic mass is 127. The number of carboxylic acid groups (broad SMARTS) is 1. The van der Waals surface area contributed by atoms with Crippen LogP contribution in [0.1, 0.15) is 10.4 Å². The average molecular weight is 308 g/mol. The van der Waals surface area contributed by atoms with Gasteiger partial charge in [0.25, 0.3) is 0 Å². The minimum absolute atomic E-state index is 0.0573. The summed E-state index contributed by atoms with van der Waals surface area (Å²) in [4.78, 5) is 10.9. The number of carboxylic acids is 1. The summed E-state index contributed by atoms with van der Waals surface area (Å²) < 4.78 is 10.7. The third-order valence-corrected chi connectivity index (χ3v) is 2.56. The lowest BCUT2D eigenvalue weighted by Gasteiger charge is -2.10. The highest BCUT2D eigenvalue weighted by Gasteiger charge is 2.19. The number of aromatic carboxylic acids is 1. The number of ether oxygens (including phenoxy) is 2. The Labute approximate surface area is 95.0 Å². The van der Waals surface area contributed by atoms with Crippen LogP contribution in [0.5, 0.6) is 11.5 Å². The molecular weight excluding hydrogens is 299 g/mol. The van der Waals surface area contributed by atoms with Gasteiger partial charge in [0, 0.05) is 0 Å². The molecule has 0 atom stereocenters. The predicted octanol–water partition coefficient (Wildman–Crippen LogP) is 2.01. The summed E-state index contributed by atoms with van der Waals surface area (Å²) in [7, 11) is 2.86. The van der Waals surface area contributed by atoms with Crippen LogP contribution < -0.4 is 9.47 Å². The summed E-state index contributed by atoms with van der Waals surface area (Å²) in [5, 5.41) is 8.97. The molecule has 0 radical (unpaired) electrons. The highest BCUT2D eigenvalue weighted by molar-refractivity contribution is 14.1. The van der Waals surface area contributed by atoms with Gasteiger partial charge in [0.05, 0.1) is 17.8 Å². The number of benzene rings is 1. The Bertz CT molecular complexity index is 362. The molecule has 0 fully saturated rings. The number of hydrogen-bond acceptors (Lipinski definition) is 3. The maximum Gasteiger partial charge on any atom is 0.343 e. The van der Waals surface area contributed by atoms with Gasteiger partial charge < -0.3 is 14.6 Å². The molecule has 5 heteroatoms. The number of carbonyl (C=O) groups is 1. The van der Waals surface area contributed by atoms with Gasteiger partial charge in [0.1, 0.15) is 11.3 Å². The van der Waals surface area contributed by atoms with E-state index in [1.807, 2.05) is 22.6 Å². The zero-order chi connectivity index (χ0) is 10.7. The van der Waals surface area contributed by atoms with E-state index in [4.69, 9.17) is 14.6 Å². The van der Waals surface area contributed by atoms with Crippen LogP contribution in [-0.2, 0) is 0 Å². The van der Waals surface area contributed by atoms with E-state index < -0.39 is 5.97 Å². The summed E-state index contributed by atoms with van der Waals surface area (Å²) in [6.45, 7) is 0. The Balaban J connectivity index is 3.43. The molecule has 0 heterocycles. The van der Waals surface area contributed by atoms with Gasteiger partial charge in [-0.1, -0.05) is 0 Å². The number of methoxy groups -OCH3 is 2. The normalized spacial score (nSPS) is 9.64. The predicted molar refractivity (Wildman–Crippen MR) is 59.2 cm³/mol. The topological polar surface area (TPSA) is 55.8 Å². The number of rotatable bonds is 3. The van der Waals surface area contributed by atoms with Crippen LogP contribution >= 0.6 is 22.6 Å². The first-order valence-electron chi connectivity index (χ1n) is 3.75. The molecule has 1 aromatic rings. The van der Waals surface area contributed by atoms with E-state index in [1.165, 1.54) is 14.2 Å². The van der Waals surface area contributed by atoms with E-state index in [9.17, 15) is 4.79 Å². The van der Waals surface area contributed by atoms with Crippen molar-refractivity contribution in [1.29, 1.82) is 0 Å². The molecule has 0 spiro atoms. The van der Waals surface area contributed by atoms with Crippen LogP contribution in [0.15, 0.2) is 12.1 Å². The Morgan fingerprint density at radius 1 is 1.36 bits per heavy atom. The van der Waals surface area contributed by atoms with Crippen molar-refractivity contribution < 1.29 is 19.4 Å². The summed E-state index contributed by atoms with van der Waals surface area (Å²) in [6, 6.07) is 3.35. The zero-order valence-electron chi connectivity index (χ0n) is 7.70. The second-order valence-electron chi connectivity index (χ2n) is 2.46. The zero-order valence-corrected chi connectivity index (χ0v) is 9.86. The average Bonchev–Trinajstić information content (AvgIpc) is 2.17. The number of hydrogen-bond donors (Lipinski definition) is 1. The van der Waals surface area contributed by atoms with E-state index in [0.29, 0.717) is 11.5 Å². The van der Waals surface area contributed by atoms with Crippen LogP contribution in [0.25, 0.3) is 0 Å². The van der Waals surface area contributed by atoms with Gasteiger partial charge >= 0.3 is 5.97 Å². The Morgan fingerprint density at radius 2 is 2.00 bits per heavy atom. The van der Waals surface area contributed by atoms with Crippen LogP contribution in [-0.4, -0.2) is 25.3 Å². The molecule has 1 N–H and O–H groups in total. The monoisotopic (exact) mass is 308 g/mol. The maximum absolute atomic E-state index is 10.9. The molecule has 0 unspecified atom stereocenters. The van der Waals surface area contributed by atoms with Gasteiger partial charge in [-0.15, -0.1) is 0 Å². The third kappa shape index (κ3) is 1.92. The fraction of sp³-hybridized carbons (Fsp3) is 0.222. The lowest BCUT2D eigenvalue weighted by molar-refractivity contribution is 0.0689. The van der Waals surface area contributed by atoms with E-state index in [-0.39, 0.29) is 5.56 Å². The standard InChI is InChI=1S/C9H9IO4/c1-13-6-4-3-5(10)8(14-2)7(6)9(11)12/h3-4H,1-2H3,(H,11,12). The lowest BCUT2D eigenvalue weighted by atomic mass is 10.2. The smallest absolute Gasteiger partial charge is 0.343 e. The van der Waals surface area contributed by atoms with Crippen molar-refractivity contribution in [2.75, 3.05) is 14.2 Å². The minimum Gasteiger partial charge on any atom is -0.496 e. The van der Waals surface area contributed by atoms with Gasteiger partial charge in [0.15, 0.2) is 5.75 Å². The maximum atomic E-state index is 10.9. The van der Waals surface area contributed by atoms with Gasteiger partial charge in [-0.05, 0) is 34.7 Å². The van der Waals surface area contributed by atoms with E-state index in [2.05, 4.69) is 0 Å². The molecule has 1 aromatic carbocycles. The second-order valence-corrected chi connectivity index (χ2v) is 3.63. The fourth-order valence-corrected chi connectivity index (χ4v) is 1.78. The second kappa shape index (κ2) is 4.50. The van der Waals surface area contributed by atoms with Crippen molar-refractivity contribution in [3.05, 3.63) is 21.3 Å². The molecule has 0 saturated carbocycles. The SMILES string of the molecule is COc1ccc(I)c(OC)c1C(=O)O. The first-order valence-corrected chi connectivity index (χ1v) is 4.83. The summed E-state index contributed by atoms with van der Waals surface area (Å²) in [6.07, 6.45) is 0. The van der Waals surface area contributed by atoms with Gasteiger partial charge in [0.2, 0.25) is 0 Å². The Hall–Kier alpha value is -0.980. The quantitative estimate of drug-likeness (QED) is 0.868. The minimum atomic E-state index is -1.06. The van der Waals surface area contributed by atoms with Crippen molar-refractivity contribution in [2.45, 2.75) is 0 Å². The molecule has 0 amide bonds. The number of halogens is 1. The molecule has 14 heavy (non-hydrogen) atoms. The molecule has 0 aromatic heterocycles. The molecule has 0 saturated heterocycles. The van der Waals surface area contributed by atoms with Gasteiger partial charge in [-0.25, -0.2) is 4.79 Å². The largest absolute Gasteiger partial charge is 0.496 e. The molecule has 1 rings (SSSR count). The van der Waals surface area contributed by atoms with Gasteiger partial charge in [-0.2, -0.15) is 0 Å². The van der Waals surface area contributed by atoms with E-state index in [0.717, 1.165) is 3.57 Å². The molecule has 0 bridgehead atoms. The first kappa shape index (κ1) is 11.1. The van der Waals surface area contributed by atoms with Crippen molar-refractivity contribution in [3.63, 3.8) is 0 Å². The fourth-order valence-electron chi connectivity index (χ4n) is 1.11. The van der Waals surface area contributed by atoms with Crippen LogP contribution in [0.3, 0.4) is 0 Å². The first-order chi connectivity index (χ1) is 6.61. The third-order valence-electron chi connectivity index (χ3n) is 1.71. The molecule has 0 aliphatic heterocycles. The van der Waals surface area contributed by atoms with E-state index >= 15 is 0 Å². The Morgan fingerprint density at radius 3 is 2.43 bits per heavy atom. The van der Waals surface area contributed by atoms with Crippen molar-refractivity contribution >= 4 is 28.6 Å².